The van der Waals surface area contributed by atoms with E-state index in [2.05, 4.69) is 0 Å². The van der Waals surface area contributed by atoms with Gasteiger partial charge in [-0.15, -0.1) is 0 Å². The Morgan fingerprint density at radius 3 is 2.50 bits per heavy atom. The summed E-state index contributed by atoms with van der Waals surface area (Å²) in [4.78, 5) is 0. The second kappa shape index (κ2) is 5.09. The van der Waals surface area contributed by atoms with Crippen LogP contribution in [0.5, 0.6) is 0 Å². The SMILES string of the molecule is Cc1ccc(F)cc1C(O)c1cccc(C)c1Cl. The van der Waals surface area contributed by atoms with E-state index in [0.717, 1.165) is 11.1 Å². The summed E-state index contributed by atoms with van der Waals surface area (Å²) >= 11 is 6.18. The largest absolute Gasteiger partial charge is 0.384 e. The number of aryl methyl sites for hydroxylation is 2. The Labute approximate surface area is 111 Å². The van der Waals surface area contributed by atoms with Gasteiger partial charge in [-0.25, -0.2) is 4.39 Å². The van der Waals surface area contributed by atoms with E-state index in [-0.39, 0.29) is 5.82 Å². The van der Waals surface area contributed by atoms with Crippen LogP contribution < -0.4 is 0 Å². The maximum atomic E-state index is 13.3. The molecular weight excluding hydrogens is 251 g/mol. The fourth-order valence-corrected chi connectivity index (χ4v) is 2.18. The number of benzene rings is 2. The maximum Gasteiger partial charge on any atom is 0.123 e. The summed E-state index contributed by atoms with van der Waals surface area (Å²) in [7, 11) is 0. The molecule has 0 aromatic heterocycles. The molecule has 0 amide bonds. The van der Waals surface area contributed by atoms with Crippen molar-refractivity contribution in [3.63, 3.8) is 0 Å². The highest BCUT2D eigenvalue weighted by Crippen LogP contribution is 2.32. The lowest BCUT2D eigenvalue weighted by Crippen LogP contribution is -2.04. The fraction of sp³-hybridized carbons (Fsp3) is 0.200. The molecule has 1 atom stereocenters. The van der Waals surface area contributed by atoms with Crippen LogP contribution in [0.3, 0.4) is 0 Å². The standard InChI is InChI=1S/C15H14ClFO/c1-9-6-7-11(17)8-13(9)15(18)12-5-3-4-10(2)14(12)16/h3-8,15,18H,1-2H3. The molecule has 2 rings (SSSR count). The van der Waals surface area contributed by atoms with Crippen LogP contribution in [0.4, 0.5) is 4.39 Å². The van der Waals surface area contributed by atoms with Gasteiger partial charge in [0.15, 0.2) is 0 Å². The number of hydrogen-bond donors (Lipinski definition) is 1. The molecule has 3 heteroatoms. The molecule has 0 aliphatic heterocycles. The molecule has 2 aromatic rings. The average molecular weight is 265 g/mol. The quantitative estimate of drug-likeness (QED) is 0.863. The van der Waals surface area contributed by atoms with Gasteiger partial charge in [0.1, 0.15) is 11.9 Å². The average Bonchev–Trinajstić information content (AvgIpc) is 2.35. The van der Waals surface area contributed by atoms with Crippen LogP contribution in [-0.2, 0) is 0 Å². The van der Waals surface area contributed by atoms with Gasteiger partial charge < -0.3 is 5.11 Å². The number of aliphatic hydroxyl groups excluding tert-OH is 1. The molecule has 0 aliphatic rings. The summed E-state index contributed by atoms with van der Waals surface area (Å²) in [5.41, 5.74) is 2.87. The van der Waals surface area contributed by atoms with E-state index < -0.39 is 6.10 Å². The third kappa shape index (κ3) is 2.40. The highest BCUT2D eigenvalue weighted by Gasteiger charge is 2.17. The third-order valence-electron chi connectivity index (χ3n) is 3.05. The van der Waals surface area contributed by atoms with Crippen molar-refractivity contribution in [2.75, 3.05) is 0 Å². The van der Waals surface area contributed by atoms with E-state index in [1.807, 2.05) is 26.0 Å². The van der Waals surface area contributed by atoms with Gasteiger partial charge in [-0.3, -0.25) is 0 Å². The van der Waals surface area contributed by atoms with Crippen LogP contribution in [-0.4, -0.2) is 5.11 Å². The number of hydrogen-bond acceptors (Lipinski definition) is 1. The van der Waals surface area contributed by atoms with E-state index in [1.54, 1.807) is 12.1 Å². The van der Waals surface area contributed by atoms with E-state index in [4.69, 9.17) is 11.6 Å². The summed E-state index contributed by atoms with van der Waals surface area (Å²) in [6, 6.07) is 9.83. The van der Waals surface area contributed by atoms with Crippen molar-refractivity contribution in [2.45, 2.75) is 20.0 Å². The van der Waals surface area contributed by atoms with Crippen molar-refractivity contribution in [3.8, 4) is 0 Å². The van der Waals surface area contributed by atoms with Gasteiger partial charge >= 0.3 is 0 Å². The Morgan fingerprint density at radius 1 is 1.06 bits per heavy atom. The highest BCUT2D eigenvalue weighted by atomic mass is 35.5. The van der Waals surface area contributed by atoms with Gasteiger partial charge in [0, 0.05) is 10.6 Å². The van der Waals surface area contributed by atoms with Crippen LogP contribution in [0.1, 0.15) is 28.4 Å². The Hall–Kier alpha value is -1.38. The molecule has 0 saturated heterocycles. The van der Waals surface area contributed by atoms with Crippen molar-refractivity contribution in [2.24, 2.45) is 0 Å². The van der Waals surface area contributed by atoms with Gasteiger partial charge in [-0.1, -0.05) is 35.9 Å². The summed E-state index contributed by atoms with van der Waals surface area (Å²) in [5, 5.41) is 10.9. The molecule has 0 heterocycles. The molecule has 1 N–H and O–H groups in total. The Balaban J connectivity index is 2.51. The van der Waals surface area contributed by atoms with Gasteiger partial charge in [-0.2, -0.15) is 0 Å². The van der Waals surface area contributed by atoms with Crippen LogP contribution in [0, 0.1) is 19.7 Å². The lowest BCUT2D eigenvalue weighted by molar-refractivity contribution is 0.219. The van der Waals surface area contributed by atoms with Crippen LogP contribution in [0.25, 0.3) is 0 Å². The molecule has 18 heavy (non-hydrogen) atoms. The zero-order valence-electron chi connectivity index (χ0n) is 10.2. The lowest BCUT2D eigenvalue weighted by Gasteiger charge is -2.16. The van der Waals surface area contributed by atoms with E-state index in [9.17, 15) is 9.50 Å². The first kappa shape index (κ1) is 13.1. The van der Waals surface area contributed by atoms with Crippen molar-refractivity contribution in [3.05, 3.63) is 69.5 Å². The highest BCUT2D eigenvalue weighted by molar-refractivity contribution is 6.32. The predicted octanol–water partition coefficient (Wildman–Crippen LogP) is 4.18. The topological polar surface area (TPSA) is 20.2 Å². The minimum atomic E-state index is -0.909. The van der Waals surface area contributed by atoms with Crippen LogP contribution in [0.15, 0.2) is 36.4 Å². The first-order chi connectivity index (χ1) is 8.50. The Bertz CT molecular complexity index is 579. The molecule has 0 saturated carbocycles. The Kier molecular flexibility index (Phi) is 3.69. The lowest BCUT2D eigenvalue weighted by atomic mass is 9.96. The van der Waals surface area contributed by atoms with Gasteiger partial charge in [0.25, 0.3) is 0 Å². The predicted molar refractivity (Wildman–Crippen MR) is 71.4 cm³/mol. The second-order valence-electron chi connectivity index (χ2n) is 4.38. The number of aliphatic hydroxyl groups is 1. The molecule has 0 fully saturated rings. The maximum absolute atomic E-state index is 13.3. The minimum Gasteiger partial charge on any atom is -0.384 e. The van der Waals surface area contributed by atoms with E-state index in [0.29, 0.717) is 16.1 Å². The smallest absolute Gasteiger partial charge is 0.123 e. The van der Waals surface area contributed by atoms with Crippen LogP contribution in [0.2, 0.25) is 5.02 Å². The molecule has 1 unspecified atom stereocenters. The molecule has 94 valence electrons. The first-order valence-corrected chi connectivity index (χ1v) is 6.07. The Morgan fingerprint density at radius 2 is 1.78 bits per heavy atom. The minimum absolute atomic E-state index is 0.363. The summed E-state index contributed by atoms with van der Waals surface area (Å²) in [6.07, 6.45) is -0.909. The first-order valence-electron chi connectivity index (χ1n) is 5.70. The summed E-state index contributed by atoms with van der Waals surface area (Å²) in [6.45, 7) is 3.71. The molecule has 0 radical (unpaired) electrons. The molecule has 0 bridgehead atoms. The third-order valence-corrected chi connectivity index (χ3v) is 3.57. The molecule has 1 nitrogen and oxygen atoms in total. The summed E-state index contributed by atoms with van der Waals surface area (Å²) in [5.74, 6) is -0.363. The van der Waals surface area contributed by atoms with Crippen molar-refractivity contribution < 1.29 is 9.50 Å². The zero-order chi connectivity index (χ0) is 13.3. The normalized spacial score (nSPS) is 12.5. The second-order valence-corrected chi connectivity index (χ2v) is 4.76. The van der Waals surface area contributed by atoms with E-state index >= 15 is 0 Å². The van der Waals surface area contributed by atoms with Gasteiger partial charge in [0.05, 0.1) is 0 Å². The molecule has 2 aromatic carbocycles. The van der Waals surface area contributed by atoms with Crippen molar-refractivity contribution >= 4 is 11.6 Å². The van der Waals surface area contributed by atoms with Crippen molar-refractivity contribution in [1.82, 2.24) is 0 Å². The van der Waals surface area contributed by atoms with Gasteiger partial charge in [0.2, 0.25) is 0 Å². The molecule has 0 aliphatic carbocycles. The van der Waals surface area contributed by atoms with Crippen molar-refractivity contribution in [1.29, 1.82) is 0 Å². The van der Waals surface area contributed by atoms with Crippen LogP contribution >= 0.6 is 11.6 Å². The monoisotopic (exact) mass is 264 g/mol. The van der Waals surface area contributed by atoms with E-state index in [1.165, 1.54) is 12.1 Å². The summed E-state index contributed by atoms with van der Waals surface area (Å²) < 4.78 is 13.3. The number of rotatable bonds is 2. The molecular formula is C15H14ClFO. The molecule has 0 spiro atoms. The number of halogens is 2. The zero-order valence-corrected chi connectivity index (χ0v) is 11.0. The fourth-order valence-electron chi connectivity index (χ4n) is 1.95. The van der Waals surface area contributed by atoms with Gasteiger partial charge in [-0.05, 0) is 42.7 Å².